The molecule has 0 radical (unpaired) electrons. The van der Waals surface area contributed by atoms with E-state index in [9.17, 15) is 4.79 Å². The van der Waals surface area contributed by atoms with Gasteiger partial charge in [0.25, 0.3) is 0 Å². The van der Waals surface area contributed by atoms with E-state index < -0.39 is 0 Å². The number of ether oxygens (including phenoxy) is 1. The molecule has 1 amide bonds. The molecule has 4 unspecified atom stereocenters. The Labute approximate surface area is 110 Å². The van der Waals surface area contributed by atoms with Crippen LogP contribution in [0.2, 0.25) is 0 Å². The van der Waals surface area contributed by atoms with Crippen LogP contribution in [-0.4, -0.2) is 42.6 Å². The van der Waals surface area contributed by atoms with Crippen LogP contribution in [0.25, 0.3) is 0 Å². The zero-order valence-electron chi connectivity index (χ0n) is 11.6. The first-order valence-corrected chi connectivity index (χ1v) is 7.22. The predicted octanol–water partition coefficient (Wildman–Crippen LogP) is 1.39. The van der Waals surface area contributed by atoms with Crippen molar-refractivity contribution >= 4 is 5.91 Å². The Kier molecular flexibility index (Phi) is 4.62. The standard InChI is InChI=1S/C14H26N2O2/c1-10-6-12(8-13(15)7-10)14(17)16-4-3-5-18-11(2)9-16/h10-13H,3-9,15H2,1-2H3. The Morgan fingerprint density at radius 2 is 2.06 bits per heavy atom. The lowest BCUT2D eigenvalue weighted by Gasteiger charge is -2.34. The van der Waals surface area contributed by atoms with Gasteiger partial charge in [0.15, 0.2) is 0 Å². The van der Waals surface area contributed by atoms with Crippen LogP contribution in [-0.2, 0) is 9.53 Å². The van der Waals surface area contributed by atoms with Crippen molar-refractivity contribution < 1.29 is 9.53 Å². The monoisotopic (exact) mass is 254 g/mol. The first kappa shape index (κ1) is 13.8. The lowest BCUT2D eigenvalue weighted by atomic mass is 9.79. The first-order chi connectivity index (χ1) is 8.56. The van der Waals surface area contributed by atoms with E-state index in [1.54, 1.807) is 0 Å². The molecule has 1 heterocycles. The van der Waals surface area contributed by atoms with Gasteiger partial charge in [-0.05, 0) is 38.5 Å². The van der Waals surface area contributed by atoms with Crippen molar-refractivity contribution in [2.45, 2.75) is 51.7 Å². The molecule has 1 aliphatic carbocycles. The van der Waals surface area contributed by atoms with E-state index in [1.807, 2.05) is 11.8 Å². The van der Waals surface area contributed by atoms with Crippen LogP contribution in [0, 0.1) is 11.8 Å². The molecule has 4 atom stereocenters. The highest BCUT2D eigenvalue weighted by atomic mass is 16.5. The molecule has 104 valence electrons. The van der Waals surface area contributed by atoms with Gasteiger partial charge in [-0.3, -0.25) is 4.79 Å². The van der Waals surface area contributed by atoms with Crippen molar-refractivity contribution in [1.29, 1.82) is 0 Å². The van der Waals surface area contributed by atoms with Gasteiger partial charge in [0.05, 0.1) is 6.10 Å². The number of carbonyl (C=O) groups excluding carboxylic acids is 1. The molecule has 2 rings (SSSR count). The molecule has 4 nitrogen and oxygen atoms in total. The summed E-state index contributed by atoms with van der Waals surface area (Å²) in [7, 11) is 0. The maximum atomic E-state index is 12.6. The minimum atomic E-state index is 0.133. The molecular formula is C14H26N2O2. The number of hydrogen-bond acceptors (Lipinski definition) is 3. The number of rotatable bonds is 1. The van der Waals surface area contributed by atoms with Gasteiger partial charge >= 0.3 is 0 Å². The lowest BCUT2D eigenvalue weighted by Crippen LogP contribution is -2.44. The Bertz CT molecular complexity index is 282. The van der Waals surface area contributed by atoms with Crippen molar-refractivity contribution in [3.63, 3.8) is 0 Å². The Hall–Kier alpha value is -0.610. The lowest BCUT2D eigenvalue weighted by molar-refractivity contribution is -0.138. The van der Waals surface area contributed by atoms with Gasteiger partial charge in [-0.2, -0.15) is 0 Å². The molecule has 0 bridgehead atoms. The van der Waals surface area contributed by atoms with Crippen molar-refractivity contribution in [2.24, 2.45) is 17.6 Å². The van der Waals surface area contributed by atoms with E-state index in [2.05, 4.69) is 6.92 Å². The average Bonchev–Trinajstić information content (AvgIpc) is 2.51. The zero-order chi connectivity index (χ0) is 13.1. The average molecular weight is 254 g/mol. The molecule has 1 saturated carbocycles. The highest BCUT2D eigenvalue weighted by Gasteiger charge is 2.32. The predicted molar refractivity (Wildman–Crippen MR) is 71.1 cm³/mol. The Balaban J connectivity index is 1.96. The van der Waals surface area contributed by atoms with Gasteiger partial charge in [-0.15, -0.1) is 0 Å². The van der Waals surface area contributed by atoms with E-state index in [4.69, 9.17) is 10.5 Å². The maximum absolute atomic E-state index is 12.6. The van der Waals surface area contributed by atoms with Gasteiger partial charge in [0.2, 0.25) is 5.91 Å². The van der Waals surface area contributed by atoms with Crippen molar-refractivity contribution in [3.05, 3.63) is 0 Å². The molecule has 18 heavy (non-hydrogen) atoms. The van der Waals surface area contributed by atoms with Gasteiger partial charge in [0, 0.05) is 31.7 Å². The van der Waals surface area contributed by atoms with Crippen molar-refractivity contribution in [3.8, 4) is 0 Å². The third kappa shape index (κ3) is 3.45. The molecule has 1 aliphatic heterocycles. The Morgan fingerprint density at radius 1 is 1.28 bits per heavy atom. The molecule has 4 heteroatoms. The van der Waals surface area contributed by atoms with Gasteiger partial charge in [-0.1, -0.05) is 6.92 Å². The van der Waals surface area contributed by atoms with Gasteiger partial charge < -0.3 is 15.4 Å². The molecule has 0 aromatic carbocycles. The quantitative estimate of drug-likeness (QED) is 0.769. The van der Waals surface area contributed by atoms with Crippen LogP contribution in [0.15, 0.2) is 0 Å². The summed E-state index contributed by atoms with van der Waals surface area (Å²) >= 11 is 0. The van der Waals surface area contributed by atoms with E-state index in [0.717, 1.165) is 45.4 Å². The van der Waals surface area contributed by atoms with Crippen LogP contribution in [0.4, 0.5) is 0 Å². The van der Waals surface area contributed by atoms with Gasteiger partial charge in [0.1, 0.15) is 0 Å². The summed E-state index contributed by atoms with van der Waals surface area (Å²) in [5, 5.41) is 0. The summed E-state index contributed by atoms with van der Waals surface area (Å²) in [6.07, 6.45) is 4.02. The number of hydrogen-bond donors (Lipinski definition) is 1. The second kappa shape index (κ2) is 6.02. The fourth-order valence-corrected chi connectivity index (χ4v) is 3.31. The molecule has 0 aromatic rings. The van der Waals surface area contributed by atoms with E-state index in [0.29, 0.717) is 11.8 Å². The molecule has 1 saturated heterocycles. The zero-order valence-corrected chi connectivity index (χ0v) is 11.6. The van der Waals surface area contributed by atoms with Crippen LogP contribution >= 0.6 is 0 Å². The summed E-state index contributed by atoms with van der Waals surface area (Å²) in [5.74, 6) is 1.01. The van der Waals surface area contributed by atoms with Gasteiger partial charge in [-0.25, -0.2) is 0 Å². The number of nitrogens with two attached hydrogens (primary N) is 1. The SMILES string of the molecule is CC1CC(N)CC(C(=O)N2CCCOC(C)C2)C1. The van der Waals surface area contributed by atoms with Crippen molar-refractivity contribution in [1.82, 2.24) is 4.90 Å². The van der Waals surface area contributed by atoms with E-state index in [-0.39, 0.29) is 18.1 Å². The fraction of sp³-hybridized carbons (Fsp3) is 0.929. The minimum absolute atomic E-state index is 0.133. The van der Waals surface area contributed by atoms with Crippen LogP contribution in [0.1, 0.15) is 39.5 Å². The molecule has 2 fully saturated rings. The third-order valence-corrected chi connectivity index (χ3v) is 4.09. The second-order valence-electron chi connectivity index (χ2n) is 6.09. The highest BCUT2D eigenvalue weighted by Crippen LogP contribution is 2.29. The highest BCUT2D eigenvalue weighted by molar-refractivity contribution is 5.79. The largest absolute Gasteiger partial charge is 0.377 e. The molecular weight excluding hydrogens is 228 g/mol. The Morgan fingerprint density at radius 3 is 2.78 bits per heavy atom. The van der Waals surface area contributed by atoms with Crippen molar-refractivity contribution in [2.75, 3.05) is 19.7 Å². The minimum Gasteiger partial charge on any atom is -0.377 e. The summed E-state index contributed by atoms with van der Waals surface area (Å²) in [6, 6.07) is 0.198. The smallest absolute Gasteiger partial charge is 0.225 e. The third-order valence-electron chi connectivity index (χ3n) is 4.09. The summed E-state index contributed by atoms with van der Waals surface area (Å²) < 4.78 is 5.59. The van der Waals surface area contributed by atoms with Crippen LogP contribution in [0.5, 0.6) is 0 Å². The normalized spacial score (nSPS) is 38.3. The number of amides is 1. The second-order valence-corrected chi connectivity index (χ2v) is 6.09. The van der Waals surface area contributed by atoms with Crippen LogP contribution < -0.4 is 5.73 Å². The topological polar surface area (TPSA) is 55.6 Å². The maximum Gasteiger partial charge on any atom is 0.225 e. The number of carbonyl (C=O) groups is 1. The molecule has 0 aromatic heterocycles. The summed E-state index contributed by atoms with van der Waals surface area (Å²) in [6.45, 7) is 6.59. The van der Waals surface area contributed by atoms with E-state index in [1.165, 1.54) is 0 Å². The fourth-order valence-electron chi connectivity index (χ4n) is 3.31. The van der Waals surface area contributed by atoms with Crippen LogP contribution in [0.3, 0.4) is 0 Å². The molecule has 2 aliphatic rings. The summed E-state index contributed by atoms with van der Waals surface area (Å²) in [4.78, 5) is 14.6. The molecule has 0 spiro atoms. The summed E-state index contributed by atoms with van der Waals surface area (Å²) in [5.41, 5.74) is 6.05. The van der Waals surface area contributed by atoms with E-state index >= 15 is 0 Å². The number of nitrogens with zero attached hydrogens (tertiary/aromatic N) is 1. The first-order valence-electron chi connectivity index (χ1n) is 7.22. The molecule has 2 N–H and O–H groups in total.